The van der Waals surface area contributed by atoms with Gasteiger partial charge in [0.1, 0.15) is 11.5 Å². The predicted molar refractivity (Wildman–Crippen MR) is 96.7 cm³/mol. The normalized spacial score (nSPS) is 10.2. The smallest absolute Gasteiger partial charge is 0.196 e. The van der Waals surface area contributed by atoms with Crippen LogP contribution in [0.2, 0.25) is 0 Å². The van der Waals surface area contributed by atoms with Crippen molar-refractivity contribution in [2.45, 2.75) is 6.42 Å². The summed E-state index contributed by atoms with van der Waals surface area (Å²) in [7, 11) is 0. The average Bonchev–Trinajstić information content (AvgIpc) is 2.64. The quantitative estimate of drug-likeness (QED) is 0.447. The third-order valence-corrected chi connectivity index (χ3v) is 3.72. The molecule has 0 bridgehead atoms. The van der Waals surface area contributed by atoms with E-state index in [0.717, 1.165) is 11.3 Å². The first-order chi connectivity index (χ1) is 11.8. The first-order valence-corrected chi connectivity index (χ1v) is 7.85. The van der Waals surface area contributed by atoms with Gasteiger partial charge in [0.2, 0.25) is 0 Å². The van der Waals surface area contributed by atoms with Crippen molar-refractivity contribution in [3.05, 3.63) is 108 Å². The van der Waals surface area contributed by atoms with E-state index < -0.39 is 0 Å². The highest BCUT2D eigenvalue weighted by Crippen LogP contribution is 2.29. The van der Waals surface area contributed by atoms with Crippen LogP contribution >= 0.6 is 0 Å². The molecule has 24 heavy (non-hydrogen) atoms. The second-order valence-electron chi connectivity index (χ2n) is 5.39. The molecule has 3 aromatic rings. The fourth-order valence-corrected chi connectivity index (χ4v) is 2.53. The Morgan fingerprint density at radius 1 is 0.833 bits per heavy atom. The zero-order valence-corrected chi connectivity index (χ0v) is 13.3. The summed E-state index contributed by atoms with van der Waals surface area (Å²) in [5.41, 5.74) is 2.24. The van der Waals surface area contributed by atoms with E-state index in [2.05, 4.69) is 6.58 Å². The average molecular weight is 314 g/mol. The summed E-state index contributed by atoms with van der Waals surface area (Å²) in [5, 5.41) is 0. The molecule has 0 fully saturated rings. The minimum absolute atomic E-state index is 0.0487. The molecule has 0 aromatic heterocycles. The van der Waals surface area contributed by atoms with Crippen LogP contribution in [-0.2, 0) is 6.42 Å². The van der Waals surface area contributed by atoms with Crippen LogP contribution < -0.4 is 4.74 Å². The first-order valence-electron chi connectivity index (χ1n) is 7.85. The van der Waals surface area contributed by atoms with Crippen LogP contribution in [0.25, 0.3) is 0 Å². The topological polar surface area (TPSA) is 26.3 Å². The van der Waals surface area contributed by atoms with Gasteiger partial charge in [-0.25, -0.2) is 0 Å². The van der Waals surface area contributed by atoms with Crippen LogP contribution in [0.5, 0.6) is 11.5 Å². The van der Waals surface area contributed by atoms with Gasteiger partial charge >= 0.3 is 0 Å². The van der Waals surface area contributed by atoms with Crippen LogP contribution in [0.1, 0.15) is 21.5 Å². The van der Waals surface area contributed by atoms with E-state index >= 15 is 0 Å². The monoisotopic (exact) mass is 314 g/mol. The number of carbonyl (C=O) groups is 1. The lowest BCUT2D eigenvalue weighted by molar-refractivity contribution is 0.103. The van der Waals surface area contributed by atoms with Crippen molar-refractivity contribution in [3.8, 4) is 11.5 Å². The maximum atomic E-state index is 12.8. The fourth-order valence-electron chi connectivity index (χ4n) is 2.53. The van der Waals surface area contributed by atoms with E-state index in [-0.39, 0.29) is 5.78 Å². The van der Waals surface area contributed by atoms with Crippen molar-refractivity contribution < 1.29 is 9.53 Å². The number of hydrogen-bond acceptors (Lipinski definition) is 2. The third-order valence-electron chi connectivity index (χ3n) is 3.72. The van der Waals surface area contributed by atoms with Gasteiger partial charge in [-0.05, 0) is 30.2 Å². The number of allylic oxidation sites excluding steroid dienone is 1. The van der Waals surface area contributed by atoms with Crippen molar-refractivity contribution in [1.29, 1.82) is 0 Å². The highest BCUT2D eigenvalue weighted by atomic mass is 16.5. The molecular weight excluding hydrogens is 296 g/mol. The van der Waals surface area contributed by atoms with Crippen molar-refractivity contribution in [2.24, 2.45) is 0 Å². The number of rotatable bonds is 6. The molecule has 0 saturated heterocycles. The predicted octanol–water partition coefficient (Wildman–Crippen LogP) is 5.44. The van der Waals surface area contributed by atoms with E-state index in [1.54, 1.807) is 6.07 Å². The minimum atomic E-state index is -0.0487. The maximum absolute atomic E-state index is 12.8. The maximum Gasteiger partial charge on any atom is 0.196 e. The van der Waals surface area contributed by atoms with Gasteiger partial charge < -0.3 is 4.74 Å². The Hall–Kier alpha value is -3.13. The number of carbonyl (C=O) groups excluding carboxylic acids is 1. The molecule has 0 aliphatic rings. The Kier molecular flexibility index (Phi) is 4.87. The SMILES string of the molecule is C=CCc1ccccc1Oc1ccccc1C(=O)c1ccccc1. The fraction of sp³-hybridized carbons (Fsp3) is 0.0455. The van der Waals surface area contributed by atoms with Gasteiger partial charge in [0.25, 0.3) is 0 Å². The van der Waals surface area contributed by atoms with Gasteiger partial charge in [0.15, 0.2) is 5.78 Å². The lowest BCUT2D eigenvalue weighted by atomic mass is 10.0. The van der Waals surface area contributed by atoms with Crippen molar-refractivity contribution in [1.82, 2.24) is 0 Å². The molecule has 0 aliphatic heterocycles. The summed E-state index contributed by atoms with van der Waals surface area (Å²) in [5.74, 6) is 1.25. The van der Waals surface area contributed by atoms with Gasteiger partial charge in [-0.15, -0.1) is 6.58 Å². The Morgan fingerprint density at radius 2 is 1.46 bits per heavy atom. The van der Waals surface area contributed by atoms with Gasteiger partial charge in [-0.2, -0.15) is 0 Å². The lowest BCUT2D eigenvalue weighted by Gasteiger charge is -2.13. The Labute approximate surface area is 142 Å². The molecule has 0 aliphatic carbocycles. The third kappa shape index (κ3) is 3.44. The minimum Gasteiger partial charge on any atom is -0.456 e. The second kappa shape index (κ2) is 7.42. The first kappa shape index (κ1) is 15.8. The molecule has 118 valence electrons. The highest BCUT2D eigenvalue weighted by molar-refractivity contribution is 6.10. The van der Waals surface area contributed by atoms with Crippen molar-refractivity contribution in [3.63, 3.8) is 0 Å². The Bertz CT molecular complexity index is 851. The summed E-state index contributed by atoms with van der Waals surface area (Å²) in [4.78, 5) is 12.8. The summed E-state index contributed by atoms with van der Waals surface area (Å²) >= 11 is 0. The molecule has 0 saturated carbocycles. The van der Waals surface area contributed by atoms with Crippen molar-refractivity contribution >= 4 is 5.78 Å². The van der Waals surface area contributed by atoms with Crippen LogP contribution in [0.15, 0.2) is 91.5 Å². The summed E-state index contributed by atoms with van der Waals surface area (Å²) in [6.45, 7) is 3.78. The number of para-hydroxylation sites is 2. The zero-order valence-electron chi connectivity index (χ0n) is 13.3. The summed E-state index contributed by atoms with van der Waals surface area (Å²) in [6.07, 6.45) is 2.55. The largest absolute Gasteiger partial charge is 0.456 e. The molecule has 0 heterocycles. The Morgan fingerprint density at radius 3 is 2.21 bits per heavy atom. The molecule has 0 atom stereocenters. The Balaban J connectivity index is 1.96. The molecule has 2 heteroatoms. The highest BCUT2D eigenvalue weighted by Gasteiger charge is 2.15. The molecule has 3 aromatic carbocycles. The number of hydrogen-bond donors (Lipinski definition) is 0. The summed E-state index contributed by atoms with van der Waals surface area (Å²) in [6, 6.07) is 24.3. The van der Waals surface area contributed by atoms with Gasteiger partial charge in [0, 0.05) is 5.56 Å². The lowest BCUT2D eigenvalue weighted by Crippen LogP contribution is -2.03. The molecule has 0 amide bonds. The van der Waals surface area contributed by atoms with Crippen LogP contribution in [0.3, 0.4) is 0 Å². The molecule has 0 radical (unpaired) electrons. The second-order valence-corrected chi connectivity index (χ2v) is 5.39. The number of ketones is 1. The molecule has 3 rings (SSSR count). The standard InChI is InChI=1S/C22H18O2/c1-2-10-17-11-6-8-15-20(17)24-21-16-9-7-14-19(21)22(23)18-12-4-3-5-13-18/h2-9,11-16H,1,10H2. The zero-order chi connectivity index (χ0) is 16.8. The molecular formula is C22H18O2. The summed E-state index contributed by atoms with van der Waals surface area (Å²) < 4.78 is 6.07. The van der Waals surface area contributed by atoms with E-state index in [1.807, 2.05) is 78.9 Å². The molecule has 2 nitrogen and oxygen atoms in total. The van der Waals surface area contributed by atoms with E-state index in [9.17, 15) is 4.79 Å². The van der Waals surface area contributed by atoms with E-state index in [1.165, 1.54) is 0 Å². The van der Waals surface area contributed by atoms with Crippen LogP contribution in [0.4, 0.5) is 0 Å². The van der Waals surface area contributed by atoms with Crippen LogP contribution in [-0.4, -0.2) is 5.78 Å². The van der Waals surface area contributed by atoms with Crippen molar-refractivity contribution in [2.75, 3.05) is 0 Å². The number of ether oxygens (including phenoxy) is 1. The van der Waals surface area contributed by atoms with E-state index in [0.29, 0.717) is 23.3 Å². The van der Waals surface area contributed by atoms with Gasteiger partial charge in [-0.3, -0.25) is 4.79 Å². The molecule has 0 N–H and O–H groups in total. The molecule has 0 spiro atoms. The number of benzene rings is 3. The molecule has 0 unspecified atom stereocenters. The van der Waals surface area contributed by atoms with Gasteiger partial charge in [-0.1, -0.05) is 66.7 Å². The van der Waals surface area contributed by atoms with Crippen LogP contribution in [0, 0.1) is 0 Å². The van der Waals surface area contributed by atoms with Gasteiger partial charge in [0.05, 0.1) is 5.56 Å². The van der Waals surface area contributed by atoms with E-state index in [4.69, 9.17) is 4.74 Å².